The average Bonchev–Trinajstić information content (AvgIpc) is 2.69. The quantitative estimate of drug-likeness (QED) is 0.615. The predicted molar refractivity (Wildman–Crippen MR) is 112 cm³/mol. The number of hydrogen-bond acceptors (Lipinski definition) is 3. The van der Waals surface area contributed by atoms with Crippen LogP contribution < -0.4 is 5.32 Å². The van der Waals surface area contributed by atoms with E-state index in [0.717, 1.165) is 9.87 Å². The molecule has 0 radical (unpaired) electrons. The van der Waals surface area contributed by atoms with E-state index in [1.165, 1.54) is 28.6 Å². The van der Waals surface area contributed by atoms with E-state index in [2.05, 4.69) is 5.32 Å². The third-order valence-electron chi connectivity index (χ3n) is 4.38. The molecule has 29 heavy (non-hydrogen) atoms. The minimum Gasteiger partial charge on any atom is -0.351 e. The number of hydrogen-bond donors (Lipinski definition) is 1. The van der Waals surface area contributed by atoms with Crippen LogP contribution in [-0.2, 0) is 28.1 Å². The van der Waals surface area contributed by atoms with Crippen LogP contribution in [0.5, 0.6) is 0 Å². The van der Waals surface area contributed by atoms with Crippen LogP contribution in [0.3, 0.4) is 0 Å². The molecule has 6 nitrogen and oxygen atoms in total. The Morgan fingerprint density at radius 1 is 1.03 bits per heavy atom. The molecule has 0 aliphatic heterocycles. The normalized spacial score (nSPS) is 11.8. The standard InChI is InChI=1S/C20H25ClFN3O3S/c1-3-24(4-2)29(27,28)25(14-16-9-11-18(22)12-10-16)15-20(26)23-13-17-7-5-6-8-19(17)21/h5-12H,3-4,13-15H2,1-2H3,(H,23,26). The summed E-state index contributed by atoms with van der Waals surface area (Å²) >= 11 is 6.09. The van der Waals surface area contributed by atoms with Crippen molar-refractivity contribution < 1.29 is 17.6 Å². The summed E-state index contributed by atoms with van der Waals surface area (Å²) < 4.78 is 41.6. The molecule has 1 N–H and O–H groups in total. The van der Waals surface area contributed by atoms with Crippen molar-refractivity contribution in [2.45, 2.75) is 26.9 Å². The number of amides is 1. The van der Waals surface area contributed by atoms with Gasteiger partial charge in [0.25, 0.3) is 10.2 Å². The Bertz CT molecular complexity index is 919. The highest BCUT2D eigenvalue weighted by atomic mass is 35.5. The summed E-state index contributed by atoms with van der Waals surface area (Å²) in [5.74, 6) is -0.868. The highest BCUT2D eigenvalue weighted by Gasteiger charge is 2.29. The van der Waals surface area contributed by atoms with E-state index in [1.54, 1.807) is 38.1 Å². The Labute approximate surface area is 176 Å². The van der Waals surface area contributed by atoms with Gasteiger partial charge in [0.2, 0.25) is 5.91 Å². The van der Waals surface area contributed by atoms with Crippen LogP contribution in [0.4, 0.5) is 4.39 Å². The van der Waals surface area contributed by atoms with Gasteiger partial charge >= 0.3 is 0 Å². The molecule has 0 aliphatic carbocycles. The average molecular weight is 442 g/mol. The maximum atomic E-state index is 13.2. The van der Waals surface area contributed by atoms with Crippen molar-refractivity contribution in [3.05, 3.63) is 70.5 Å². The number of nitrogens with zero attached hydrogens (tertiary/aromatic N) is 2. The van der Waals surface area contributed by atoms with Crippen LogP contribution in [-0.4, -0.2) is 42.6 Å². The summed E-state index contributed by atoms with van der Waals surface area (Å²) in [5.41, 5.74) is 1.32. The largest absolute Gasteiger partial charge is 0.351 e. The van der Waals surface area contributed by atoms with E-state index >= 15 is 0 Å². The van der Waals surface area contributed by atoms with Gasteiger partial charge in [-0.3, -0.25) is 4.79 Å². The second-order valence-corrected chi connectivity index (χ2v) is 8.69. The topological polar surface area (TPSA) is 69.7 Å². The van der Waals surface area contributed by atoms with Crippen LogP contribution in [0.2, 0.25) is 5.02 Å². The van der Waals surface area contributed by atoms with E-state index in [4.69, 9.17) is 11.6 Å². The van der Waals surface area contributed by atoms with E-state index < -0.39 is 21.9 Å². The second-order valence-electron chi connectivity index (χ2n) is 6.35. The summed E-state index contributed by atoms with van der Waals surface area (Å²) in [7, 11) is -3.87. The number of nitrogens with one attached hydrogen (secondary N) is 1. The van der Waals surface area contributed by atoms with Crippen molar-refractivity contribution in [3.63, 3.8) is 0 Å². The molecule has 0 heterocycles. The van der Waals surface area contributed by atoms with E-state index in [0.29, 0.717) is 10.6 Å². The lowest BCUT2D eigenvalue weighted by Gasteiger charge is -2.28. The maximum Gasteiger partial charge on any atom is 0.282 e. The Morgan fingerprint density at radius 2 is 1.66 bits per heavy atom. The first-order valence-electron chi connectivity index (χ1n) is 9.27. The van der Waals surface area contributed by atoms with Crippen molar-refractivity contribution in [1.82, 2.24) is 13.9 Å². The SMILES string of the molecule is CCN(CC)S(=O)(=O)N(CC(=O)NCc1ccccc1Cl)Cc1ccc(F)cc1. The molecule has 0 saturated heterocycles. The van der Waals surface area contributed by atoms with Gasteiger partial charge in [-0.2, -0.15) is 17.0 Å². The Balaban J connectivity index is 2.16. The summed E-state index contributed by atoms with van der Waals surface area (Å²) in [4.78, 5) is 12.5. The van der Waals surface area contributed by atoms with Crippen molar-refractivity contribution in [3.8, 4) is 0 Å². The number of carbonyl (C=O) groups excluding carboxylic acids is 1. The summed E-state index contributed by atoms with van der Waals surface area (Å²) in [6, 6.07) is 12.6. The minimum absolute atomic E-state index is 0.0430. The molecule has 0 saturated carbocycles. The lowest BCUT2D eigenvalue weighted by Crippen LogP contribution is -2.47. The zero-order valence-electron chi connectivity index (χ0n) is 16.4. The molecule has 0 atom stereocenters. The molecule has 2 rings (SSSR count). The third kappa shape index (κ3) is 6.50. The monoisotopic (exact) mass is 441 g/mol. The van der Waals surface area contributed by atoms with Gasteiger partial charge in [0, 0.05) is 31.2 Å². The predicted octanol–water partition coefficient (Wildman–Crippen LogP) is 3.18. The van der Waals surface area contributed by atoms with Crippen LogP contribution in [0.25, 0.3) is 0 Å². The van der Waals surface area contributed by atoms with E-state index in [9.17, 15) is 17.6 Å². The van der Waals surface area contributed by atoms with Crippen LogP contribution in [0.15, 0.2) is 48.5 Å². The van der Waals surface area contributed by atoms with Gasteiger partial charge in [-0.25, -0.2) is 4.39 Å². The van der Waals surface area contributed by atoms with Gasteiger partial charge in [-0.05, 0) is 29.3 Å². The molecule has 0 unspecified atom stereocenters. The molecule has 9 heteroatoms. The fourth-order valence-electron chi connectivity index (χ4n) is 2.78. The first-order chi connectivity index (χ1) is 13.8. The maximum absolute atomic E-state index is 13.2. The van der Waals surface area contributed by atoms with E-state index in [1.807, 2.05) is 0 Å². The lowest BCUT2D eigenvalue weighted by molar-refractivity contribution is -0.121. The molecule has 0 fully saturated rings. The fraction of sp³-hybridized carbons (Fsp3) is 0.350. The molecule has 2 aromatic rings. The van der Waals surface area contributed by atoms with Crippen molar-refractivity contribution in [2.75, 3.05) is 19.6 Å². The molecule has 1 amide bonds. The minimum atomic E-state index is -3.87. The lowest BCUT2D eigenvalue weighted by atomic mass is 10.2. The number of halogens is 2. The number of carbonyl (C=O) groups is 1. The highest BCUT2D eigenvalue weighted by Crippen LogP contribution is 2.16. The zero-order valence-corrected chi connectivity index (χ0v) is 18.0. The Kier molecular flexibility index (Phi) is 8.58. The summed E-state index contributed by atoms with van der Waals surface area (Å²) in [6.45, 7) is 3.80. The van der Waals surface area contributed by atoms with Crippen molar-refractivity contribution >= 4 is 27.7 Å². The summed E-state index contributed by atoms with van der Waals surface area (Å²) in [5, 5.41) is 3.22. The van der Waals surface area contributed by atoms with Crippen LogP contribution in [0.1, 0.15) is 25.0 Å². The van der Waals surface area contributed by atoms with Crippen LogP contribution >= 0.6 is 11.6 Å². The van der Waals surface area contributed by atoms with Gasteiger partial charge < -0.3 is 5.32 Å². The molecular weight excluding hydrogens is 417 g/mol. The van der Waals surface area contributed by atoms with Crippen LogP contribution in [0, 0.1) is 5.82 Å². The fourth-order valence-corrected chi connectivity index (χ4v) is 4.55. The summed E-state index contributed by atoms with van der Waals surface area (Å²) in [6.07, 6.45) is 0. The van der Waals surface area contributed by atoms with E-state index in [-0.39, 0.29) is 32.7 Å². The van der Waals surface area contributed by atoms with Gasteiger partial charge in [0.15, 0.2) is 0 Å². The molecule has 2 aromatic carbocycles. The van der Waals surface area contributed by atoms with Gasteiger partial charge in [-0.1, -0.05) is 55.8 Å². The smallest absolute Gasteiger partial charge is 0.282 e. The van der Waals surface area contributed by atoms with Gasteiger partial charge in [0.1, 0.15) is 5.82 Å². The Hall–Kier alpha value is -2.00. The Morgan fingerprint density at radius 3 is 2.24 bits per heavy atom. The first-order valence-corrected chi connectivity index (χ1v) is 11.0. The molecular formula is C20H25ClFN3O3S. The molecule has 0 spiro atoms. The third-order valence-corrected chi connectivity index (χ3v) is 6.83. The van der Waals surface area contributed by atoms with Crippen molar-refractivity contribution in [1.29, 1.82) is 0 Å². The first kappa shape index (κ1) is 23.3. The van der Waals surface area contributed by atoms with Gasteiger partial charge in [0.05, 0.1) is 6.54 Å². The van der Waals surface area contributed by atoms with Gasteiger partial charge in [-0.15, -0.1) is 0 Å². The zero-order chi connectivity index (χ0) is 21.4. The molecule has 0 aromatic heterocycles. The molecule has 158 valence electrons. The second kappa shape index (κ2) is 10.7. The number of rotatable bonds is 10. The highest BCUT2D eigenvalue weighted by molar-refractivity contribution is 7.86. The molecule has 0 aliphatic rings. The van der Waals surface area contributed by atoms with Crippen molar-refractivity contribution in [2.24, 2.45) is 0 Å². The molecule has 0 bridgehead atoms. The number of benzene rings is 2.